The maximum Gasteiger partial charge on any atom is 0.106 e. The quantitative estimate of drug-likeness (QED) is 0.692. The molecule has 14 heavy (non-hydrogen) atoms. The van der Waals surface area contributed by atoms with E-state index >= 15 is 0 Å². The molecule has 0 aromatic heterocycles. The third-order valence-corrected chi connectivity index (χ3v) is 2.67. The minimum Gasteiger partial charge on any atom is -0.327 e. The second-order valence-electron chi connectivity index (χ2n) is 3.90. The molecule has 0 radical (unpaired) electrons. The van der Waals surface area contributed by atoms with Crippen LogP contribution in [0.3, 0.4) is 0 Å². The minimum atomic E-state index is 0.685. The van der Waals surface area contributed by atoms with E-state index in [-0.39, 0.29) is 0 Å². The highest BCUT2D eigenvalue weighted by Crippen LogP contribution is 2.34. The van der Waals surface area contributed by atoms with Crippen molar-refractivity contribution in [1.82, 2.24) is 0 Å². The fourth-order valence-electron chi connectivity index (χ4n) is 1.54. The fraction of sp³-hybridized carbons (Fsp3) is 0.750. The lowest BCUT2D eigenvalue weighted by atomic mass is 10.2. The molecule has 2 saturated carbocycles. The van der Waals surface area contributed by atoms with E-state index < -0.39 is 0 Å². The van der Waals surface area contributed by atoms with Crippen LogP contribution in [0.1, 0.15) is 44.9 Å². The van der Waals surface area contributed by atoms with Gasteiger partial charge in [0.15, 0.2) is 0 Å². The number of nitrogens with two attached hydrogens (primary N) is 1. The lowest BCUT2D eigenvalue weighted by Gasteiger charge is -1.92. The normalized spacial score (nSPS) is 18.6. The molecule has 2 fully saturated rings. The Bertz CT molecular complexity index is 141. The van der Waals surface area contributed by atoms with Gasteiger partial charge in [-0.2, -0.15) is 0 Å². The maximum atomic E-state index is 8.00. The van der Waals surface area contributed by atoms with Crippen molar-refractivity contribution in [3.63, 3.8) is 0 Å². The highest BCUT2D eigenvalue weighted by Gasteiger charge is 2.22. The Kier molecular flexibility index (Phi) is 8.54. The summed E-state index contributed by atoms with van der Waals surface area (Å²) >= 11 is 0. The standard InChI is InChI=1S/C6H11N.C5H10.CH2O/c1-5(4-7)6-2-3-6;1-2-4-5-3-1;1-2/h6H,1-4,7H2;1-5H2;1H2. The van der Waals surface area contributed by atoms with Gasteiger partial charge >= 0.3 is 0 Å². The van der Waals surface area contributed by atoms with Crippen molar-refractivity contribution in [3.05, 3.63) is 12.2 Å². The Hall–Kier alpha value is -0.630. The van der Waals surface area contributed by atoms with Crippen molar-refractivity contribution in [2.75, 3.05) is 6.54 Å². The number of hydrogen-bond acceptors (Lipinski definition) is 2. The van der Waals surface area contributed by atoms with Crippen LogP contribution in [-0.2, 0) is 4.79 Å². The molecule has 0 heterocycles. The summed E-state index contributed by atoms with van der Waals surface area (Å²) in [4.78, 5) is 8.00. The lowest BCUT2D eigenvalue weighted by molar-refractivity contribution is -0.0979. The van der Waals surface area contributed by atoms with E-state index in [0.717, 1.165) is 5.92 Å². The van der Waals surface area contributed by atoms with Crippen molar-refractivity contribution in [3.8, 4) is 0 Å². The summed E-state index contributed by atoms with van der Waals surface area (Å²) in [7, 11) is 0. The SMILES string of the molecule is C1CCCC1.C=C(CN)C1CC1.C=O. The average Bonchev–Trinajstić information content (AvgIpc) is 2.93. The molecule has 0 aliphatic heterocycles. The summed E-state index contributed by atoms with van der Waals surface area (Å²) in [6.07, 6.45) is 10.2. The average molecular weight is 197 g/mol. The molecule has 0 saturated heterocycles. The van der Waals surface area contributed by atoms with E-state index in [9.17, 15) is 0 Å². The first kappa shape index (κ1) is 13.4. The third-order valence-electron chi connectivity index (χ3n) is 2.67. The molecule has 0 spiro atoms. The molecule has 2 rings (SSSR count). The van der Waals surface area contributed by atoms with Gasteiger partial charge in [0.1, 0.15) is 6.79 Å². The summed E-state index contributed by atoms with van der Waals surface area (Å²) in [5, 5.41) is 0. The molecule has 82 valence electrons. The Balaban J connectivity index is 0.000000213. The molecular weight excluding hydrogens is 174 g/mol. The molecule has 2 aliphatic rings. The van der Waals surface area contributed by atoms with Gasteiger partial charge in [0.25, 0.3) is 0 Å². The molecule has 0 bridgehead atoms. The summed E-state index contributed by atoms with van der Waals surface area (Å²) in [6, 6.07) is 0. The van der Waals surface area contributed by atoms with Crippen molar-refractivity contribution in [1.29, 1.82) is 0 Å². The lowest BCUT2D eigenvalue weighted by Crippen LogP contribution is -2.02. The van der Waals surface area contributed by atoms with Gasteiger partial charge in [0.2, 0.25) is 0 Å². The van der Waals surface area contributed by atoms with E-state index in [4.69, 9.17) is 10.5 Å². The van der Waals surface area contributed by atoms with Gasteiger partial charge in [-0.3, -0.25) is 0 Å². The van der Waals surface area contributed by atoms with Gasteiger partial charge in [0, 0.05) is 6.54 Å². The van der Waals surface area contributed by atoms with Gasteiger partial charge in [-0.05, 0) is 18.8 Å². The molecule has 2 aliphatic carbocycles. The maximum absolute atomic E-state index is 8.00. The Morgan fingerprint density at radius 1 is 1.07 bits per heavy atom. The molecule has 0 aromatic rings. The fourth-order valence-corrected chi connectivity index (χ4v) is 1.54. The first-order valence-corrected chi connectivity index (χ1v) is 5.51. The highest BCUT2D eigenvalue weighted by molar-refractivity contribution is 5.11. The van der Waals surface area contributed by atoms with Gasteiger partial charge in [-0.25, -0.2) is 0 Å². The monoisotopic (exact) mass is 197 g/mol. The van der Waals surface area contributed by atoms with Crippen LogP contribution >= 0.6 is 0 Å². The molecule has 2 N–H and O–H groups in total. The van der Waals surface area contributed by atoms with Crippen LogP contribution in [-0.4, -0.2) is 13.3 Å². The van der Waals surface area contributed by atoms with Crippen LogP contribution in [0.4, 0.5) is 0 Å². The predicted molar refractivity (Wildman–Crippen MR) is 61.1 cm³/mol. The first-order valence-electron chi connectivity index (χ1n) is 5.51. The van der Waals surface area contributed by atoms with Crippen LogP contribution < -0.4 is 5.73 Å². The zero-order valence-electron chi connectivity index (χ0n) is 9.13. The van der Waals surface area contributed by atoms with Crippen LogP contribution in [0.2, 0.25) is 0 Å². The number of hydrogen-bond donors (Lipinski definition) is 1. The Morgan fingerprint density at radius 3 is 1.57 bits per heavy atom. The smallest absolute Gasteiger partial charge is 0.106 e. The summed E-state index contributed by atoms with van der Waals surface area (Å²) in [6.45, 7) is 6.50. The van der Waals surface area contributed by atoms with Crippen LogP contribution in [0, 0.1) is 5.92 Å². The molecular formula is C12H23NO. The summed E-state index contributed by atoms with van der Waals surface area (Å²) < 4.78 is 0. The van der Waals surface area contributed by atoms with Gasteiger partial charge in [-0.15, -0.1) is 0 Å². The molecule has 0 amide bonds. The van der Waals surface area contributed by atoms with Crippen LogP contribution in [0.15, 0.2) is 12.2 Å². The molecule has 2 heteroatoms. The zero-order valence-corrected chi connectivity index (χ0v) is 9.13. The minimum absolute atomic E-state index is 0.685. The second-order valence-corrected chi connectivity index (χ2v) is 3.90. The van der Waals surface area contributed by atoms with E-state index in [1.165, 1.54) is 50.5 Å². The first-order chi connectivity index (χ1) is 6.84. The van der Waals surface area contributed by atoms with E-state index in [2.05, 4.69) is 6.58 Å². The van der Waals surface area contributed by atoms with Crippen molar-refractivity contribution in [2.45, 2.75) is 44.9 Å². The number of carbonyl (C=O) groups is 1. The Morgan fingerprint density at radius 2 is 1.43 bits per heavy atom. The topological polar surface area (TPSA) is 43.1 Å². The Labute approximate surface area is 87.6 Å². The summed E-state index contributed by atoms with van der Waals surface area (Å²) in [5.41, 5.74) is 6.55. The highest BCUT2D eigenvalue weighted by atomic mass is 16.1. The van der Waals surface area contributed by atoms with Crippen molar-refractivity contribution >= 4 is 6.79 Å². The largest absolute Gasteiger partial charge is 0.327 e. The molecule has 0 unspecified atom stereocenters. The van der Waals surface area contributed by atoms with E-state index in [1.807, 2.05) is 6.79 Å². The second kappa shape index (κ2) is 8.95. The molecule has 0 atom stereocenters. The van der Waals surface area contributed by atoms with Crippen molar-refractivity contribution in [2.24, 2.45) is 11.7 Å². The molecule has 0 aromatic carbocycles. The number of carbonyl (C=O) groups excluding carboxylic acids is 1. The third kappa shape index (κ3) is 6.84. The number of rotatable bonds is 2. The van der Waals surface area contributed by atoms with E-state index in [0.29, 0.717) is 6.54 Å². The van der Waals surface area contributed by atoms with Crippen molar-refractivity contribution < 1.29 is 4.79 Å². The van der Waals surface area contributed by atoms with Gasteiger partial charge in [-0.1, -0.05) is 44.3 Å². The van der Waals surface area contributed by atoms with Gasteiger partial charge in [0.05, 0.1) is 0 Å². The van der Waals surface area contributed by atoms with Crippen LogP contribution in [0.5, 0.6) is 0 Å². The van der Waals surface area contributed by atoms with Gasteiger partial charge < -0.3 is 10.5 Å². The van der Waals surface area contributed by atoms with Crippen LogP contribution in [0.25, 0.3) is 0 Å². The molecule has 2 nitrogen and oxygen atoms in total. The zero-order chi connectivity index (χ0) is 10.8. The predicted octanol–water partition coefficient (Wildman–Crippen LogP) is 2.68. The van der Waals surface area contributed by atoms with E-state index in [1.54, 1.807) is 0 Å². The summed E-state index contributed by atoms with van der Waals surface area (Å²) in [5.74, 6) is 0.796.